The molecule has 0 unspecified atom stereocenters. The zero-order chi connectivity index (χ0) is 24.6. The van der Waals surface area contributed by atoms with E-state index in [2.05, 4.69) is 29.3 Å². The van der Waals surface area contributed by atoms with E-state index in [-0.39, 0.29) is 17.7 Å². The Balaban J connectivity index is 1.19. The maximum atomic E-state index is 13.0. The van der Waals surface area contributed by atoms with Gasteiger partial charge in [-0.3, -0.25) is 9.59 Å². The predicted octanol–water partition coefficient (Wildman–Crippen LogP) is 5.68. The zero-order valence-electron chi connectivity index (χ0n) is 21.5. The lowest BCUT2D eigenvalue weighted by Crippen LogP contribution is -2.49. The third-order valence-electron chi connectivity index (χ3n) is 7.76. The van der Waals surface area contributed by atoms with Gasteiger partial charge in [-0.15, -0.1) is 0 Å². The third-order valence-corrected chi connectivity index (χ3v) is 7.76. The van der Waals surface area contributed by atoms with Crippen molar-refractivity contribution in [3.05, 3.63) is 65.2 Å². The average Bonchev–Trinajstić information content (AvgIpc) is 2.90. The van der Waals surface area contributed by atoms with Gasteiger partial charge in [0.15, 0.2) is 0 Å². The Bertz CT molecular complexity index is 954. The van der Waals surface area contributed by atoms with Crippen molar-refractivity contribution in [3.8, 4) is 0 Å². The van der Waals surface area contributed by atoms with Crippen LogP contribution in [0.2, 0.25) is 0 Å². The minimum atomic E-state index is 0.0826. The maximum absolute atomic E-state index is 13.0. The highest BCUT2D eigenvalue weighted by molar-refractivity contribution is 5.94. The molecule has 2 saturated heterocycles. The number of amides is 2. The SMILES string of the molecule is CCCCCc1ccc(C(=O)N2CCC(N3CCC(C(=O)Nc4ccc(C)cc4)CC3)CC2)cc1. The summed E-state index contributed by atoms with van der Waals surface area (Å²) in [5.74, 6) is 0.388. The lowest BCUT2D eigenvalue weighted by atomic mass is 9.92. The zero-order valence-corrected chi connectivity index (χ0v) is 21.5. The summed E-state index contributed by atoms with van der Waals surface area (Å²) in [4.78, 5) is 30.3. The van der Waals surface area contributed by atoms with Crippen LogP contribution in [0.1, 0.15) is 73.4 Å². The van der Waals surface area contributed by atoms with Crippen molar-refractivity contribution < 1.29 is 9.59 Å². The predicted molar refractivity (Wildman–Crippen MR) is 143 cm³/mol. The maximum Gasteiger partial charge on any atom is 0.253 e. The molecule has 0 aliphatic carbocycles. The summed E-state index contributed by atoms with van der Waals surface area (Å²) in [5, 5.41) is 3.08. The van der Waals surface area contributed by atoms with Gasteiger partial charge in [-0.2, -0.15) is 0 Å². The molecule has 2 aromatic carbocycles. The second-order valence-corrected chi connectivity index (χ2v) is 10.3. The lowest BCUT2D eigenvalue weighted by molar-refractivity contribution is -0.121. The molecule has 188 valence electrons. The number of unbranched alkanes of at least 4 members (excludes halogenated alkanes) is 2. The van der Waals surface area contributed by atoms with E-state index in [1.807, 2.05) is 48.2 Å². The van der Waals surface area contributed by atoms with Crippen LogP contribution in [-0.4, -0.2) is 53.8 Å². The van der Waals surface area contributed by atoms with Crippen LogP contribution in [0.25, 0.3) is 0 Å². The molecule has 0 spiro atoms. The van der Waals surface area contributed by atoms with Crippen molar-refractivity contribution in [1.29, 1.82) is 0 Å². The van der Waals surface area contributed by atoms with Crippen LogP contribution in [0.4, 0.5) is 5.69 Å². The molecular formula is C30H41N3O2. The fraction of sp³-hybridized carbons (Fsp3) is 0.533. The number of hydrogen-bond donors (Lipinski definition) is 1. The molecule has 0 bridgehead atoms. The molecule has 5 heteroatoms. The first kappa shape index (κ1) is 25.4. The highest BCUT2D eigenvalue weighted by atomic mass is 16.2. The van der Waals surface area contributed by atoms with Gasteiger partial charge in [0, 0.05) is 36.3 Å². The van der Waals surface area contributed by atoms with Crippen LogP contribution in [0.15, 0.2) is 48.5 Å². The van der Waals surface area contributed by atoms with Gasteiger partial charge in [0.2, 0.25) is 5.91 Å². The van der Waals surface area contributed by atoms with Crippen LogP contribution in [0, 0.1) is 12.8 Å². The normalized spacial score (nSPS) is 17.9. The number of nitrogens with zero attached hydrogens (tertiary/aromatic N) is 2. The van der Waals surface area contributed by atoms with Crippen LogP contribution in [0.5, 0.6) is 0 Å². The minimum absolute atomic E-state index is 0.0826. The highest BCUT2D eigenvalue weighted by Gasteiger charge is 2.32. The number of aryl methyl sites for hydroxylation is 2. The summed E-state index contributed by atoms with van der Waals surface area (Å²) in [5.41, 5.74) is 4.21. The topological polar surface area (TPSA) is 52.7 Å². The molecule has 2 aliphatic rings. The van der Waals surface area contributed by atoms with Crippen molar-refractivity contribution >= 4 is 17.5 Å². The lowest BCUT2D eigenvalue weighted by Gasteiger charge is -2.41. The summed E-state index contributed by atoms with van der Waals surface area (Å²) < 4.78 is 0. The van der Waals surface area contributed by atoms with Crippen molar-refractivity contribution in [2.45, 2.75) is 71.3 Å². The number of carbonyl (C=O) groups is 2. The van der Waals surface area contributed by atoms with Crippen LogP contribution in [0.3, 0.4) is 0 Å². The van der Waals surface area contributed by atoms with E-state index in [0.29, 0.717) is 6.04 Å². The molecule has 2 fully saturated rings. The van der Waals surface area contributed by atoms with Gasteiger partial charge in [-0.05, 0) is 88.4 Å². The number of nitrogens with one attached hydrogen (secondary N) is 1. The van der Waals surface area contributed by atoms with E-state index in [1.54, 1.807) is 0 Å². The molecule has 5 nitrogen and oxygen atoms in total. The quantitative estimate of drug-likeness (QED) is 0.500. The monoisotopic (exact) mass is 475 g/mol. The van der Waals surface area contributed by atoms with E-state index in [0.717, 1.165) is 69.5 Å². The summed E-state index contributed by atoms with van der Waals surface area (Å²) >= 11 is 0. The molecule has 2 aliphatic heterocycles. The van der Waals surface area contributed by atoms with Gasteiger partial charge in [0.25, 0.3) is 5.91 Å². The Morgan fingerprint density at radius 2 is 1.51 bits per heavy atom. The number of rotatable bonds is 8. The molecular weight excluding hydrogens is 434 g/mol. The second-order valence-electron chi connectivity index (χ2n) is 10.3. The second kappa shape index (κ2) is 12.3. The highest BCUT2D eigenvalue weighted by Crippen LogP contribution is 2.26. The van der Waals surface area contributed by atoms with Gasteiger partial charge >= 0.3 is 0 Å². The van der Waals surface area contributed by atoms with E-state index >= 15 is 0 Å². The van der Waals surface area contributed by atoms with Crippen molar-refractivity contribution in [2.24, 2.45) is 5.92 Å². The standard InChI is InChI=1S/C30H41N3O2/c1-3-4-5-6-24-9-11-26(12-10-24)30(35)33-21-17-28(18-22-33)32-19-15-25(16-20-32)29(34)31-27-13-7-23(2)8-14-27/h7-14,25,28H,3-6,15-22H2,1-2H3,(H,31,34). The minimum Gasteiger partial charge on any atom is -0.339 e. The molecule has 2 aromatic rings. The largest absolute Gasteiger partial charge is 0.339 e. The van der Waals surface area contributed by atoms with Crippen molar-refractivity contribution in [3.63, 3.8) is 0 Å². The Kier molecular flexibility index (Phi) is 8.97. The Labute approximate surface area is 210 Å². The van der Waals surface area contributed by atoms with Crippen LogP contribution < -0.4 is 5.32 Å². The number of likely N-dealkylation sites (tertiary alicyclic amines) is 2. The summed E-state index contributed by atoms with van der Waals surface area (Å²) in [6.45, 7) is 7.83. The Hall–Kier alpha value is -2.66. The van der Waals surface area contributed by atoms with E-state index < -0.39 is 0 Å². The number of benzene rings is 2. The molecule has 35 heavy (non-hydrogen) atoms. The van der Waals surface area contributed by atoms with Crippen LogP contribution >= 0.6 is 0 Å². The van der Waals surface area contributed by atoms with Gasteiger partial charge in [-0.25, -0.2) is 0 Å². The Morgan fingerprint density at radius 1 is 0.857 bits per heavy atom. The molecule has 0 radical (unpaired) electrons. The van der Waals surface area contributed by atoms with Crippen molar-refractivity contribution in [1.82, 2.24) is 9.80 Å². The van der Waals surface area contributed by atoms with Crippen LogP contribution in [-0.2, 0) is 11.2 Å². The fourth-order valence-corrected chi connectivity index (χ4v) is 5.42. The van der Waals surface area contributed by atoms with Gasteiger partial charge in [-0.1, -0.05) is 49.6 Å². The van der Waals surface area contributed by atoms with E-state index in [9.17, 15) is 9.59 Å². The van der Waals surface area contributed by atoms with E-state index in [1.165, 1.54) is 30.4 Å². The van der Waals surface area contributed by atoms with Gasteiger partial charge in [0.05, 0.1) is 0 Å². The Morgan fingerprint density at radius 3 is 2.14 bits per heavy atom. The molecule has 0 saturated carbocycles. The van der Waals surface area contributed by atoms with E-state index in [4.69, 9.17) is 0 Å². The first-order valence-electron chi connectivity index (χ1n) is 13.5. The summed E-state index contributed by atoms with van der Waals surface area (Å²) in [6, 6.07) is 16.8. The molecule has 0 aromatic heterocycles. The smallest absolute Gasteiger partial charge is 0.253 e. The number of piperidine rings is 2. The number of hydrogen-bond acceptors (Lipinski definition) is 3. The summed E-state index contributed by atoms with van der Waals surface area (Å²) in [7, 11) is 0. The third kappa shape index (κ3) is 6.94. The van der Waals surface area contributed by atoms with Gasteiger partial charge in [0.1, 0.15) is 0 Å². The van der Waals surface area contributed by atoms with Gasteiger partial charge < -0.3 is 15.1 Å². The fourth-order valence-electron chi connectivity index (χ4n) is 5.42. The first-order valence-corrected chi connectivity index (χ1v) is 13.5. The summed E-state index contributed by atoms with van der Waals surface area (Å²) in [6.07, 6.45) is 8.64. The number of carbonyl (C=O) groups excluding carboxylic acids is 2. The molecule has 1 N–H and O–H groups in total. The van der Waals surface area contributed by atoms with Crippen molar-refractivity contribution in [2.75, 3.05) is 31.5 Å². The first-order chi connectivity index (χ1) is 17.0. The molecule has 2 amide bonds. The molecule has 4 rings (SSSR count). The molecule has 2 heterocycles. The average molecular weight is 476 g/mol. The molecule has 0 atom stereocenters. The number of anilines is 1.